The molecule has 0 unspecified atom stereocenters. The molecule has 0 spiro atoms. The number of halogens is 2. The number of imide groups is 1. The molecule has 0 N–H and O–H groups in total. The first-order valence-corrected chi connectivity index (χ1v) is 14.3. The first-order valence-electron chi connectivity index (χ1n) is 11.6. The fourth-order valence-corrected chi connectivity index (χ4v) is 5.45. The van der Waals surface area contributed by atoms with Crippen LogP contribution in [0, 0.1) is 10.5 Å². The van der Waals surface area contributed by atoms with Gasteiger partial charge in [0.15, 0.2) is 11.5 Å². The standard InChI is InChI=1S/C28H25BrINO5S/c1-3-34-24-15-20(14-23(30)26(24)36-17-19-6-8-21(29)9-7-19)16-25-27(32)31(28(33)37-25)12-13-35-22-10-4-18(2)5-11-22/h4-11,14-16H,3,12-13,17H2,1-2H3/b25-16-. The molecule has 1 aliphatic rings. The lowest BCUT2D eigenvalue weighted by molar-refractivity contribution is -0.123. The van der Waals surface area contributed by atoms with Crippen LogP contribution in [0.15, 0.2) is 70.0 Å². The molecule has 37 heavy (non-hydrogen) atoms. The fraction of sp³-hybridized carbons (Fsp3) is 0.214. The molecule has 1 heterocycles. The van der Waals surface area contributed by atoms with Gasteiger partial charge in [0, 0.05) is 4.47 Å². The highest BCUT2D eigenvalue weighted by Gasteiger charge is 2.35. The van der Waals surface area contributed by atoms with Gasteiger partial charge >= 0.3 is 0 Å². The molecular formula is C28H25BrINO5S. The molecule has 1 fully saturated rings. The van der Waals surface area contributed by atoms with Gasteiger partial charge in [0.2, 0.25) is 0 Å². The lowest BCUT2D eigenvalue weighted by Gasteiger charge is -2.15. The van der Waals surface area contributed by atoms with Gasteiger partial charge in [-0.15, -0.1) is 0 Å². The molecule has 1 saturated heterocycles. The van der Waals surface area contributed by atoms with E-state index in [-0.39, 0.29) is 24.3 Å². The summed E-state index contributed by atoms with van der Waals surface area (Å²) in [6, 6.07) is 19.3. The maximum atomic E-state index is 13.0. The fourth-order valence-electron chi connectivity index (χ4n) is 3.54. The van der Waals surface area contributed by atoms with Crippen LogP contribution in [0.5, 0.6) is 17.2 Å². The lowest BCUT2D eigenvalue weighted by atomic mass is 10.1. The molecular weight excluding hydrogens is 669 g/mol. The summed E-state index contributed by atoms with van der Waals surface area (Å²) in [4.78, 5) is 27.1. The Balaban J connectivity index is 1.45. The highest BCUT2D eigenvalue weighted by molar-refractivity contribution is 14.1. The highest BCUT2D eigenvalue weighted by Crippen LogP contribution is 2.38. The number of hydrogen-bond acceptors (Lipinski definition) is 6. The van der Waals surface area contributed by atoms with Crippen LogP contribution in [-0.2, 0) is 11.4 Å². The average molecular weight is 694 g/mol. The van der Waals surface area contributed by atoms with Gasteiger partial charge in [-0.05, 0) is 102 Å². The number of carbonyl (C=O) groups excluding carboxylic acids is 2. The van der Waals surface area contributed by atoms with Crippen molar-refractivity contribution in [2.75, 3.05) is 19.8 Å². The Morgan fingerprint density at radius 3 is 2.43 bits per heavy atom. The molecule has 1 aliphatic heterocycles. The lowest BCUT2D eigenvalue weighted by Crippen LogP contribution is -2.32. The van der Waals surface area contributed by atoms with E-state index in [1.165, 1.54) is 4.90 Å². The van der Waals surface area contributed by atoms with Crippen LogP contribution in [0.1, 0.15) is 23.6 Å². The zero-order valence-corrected chi connectivity index (χ0v) is 24.9. The Kier molecular flexibility index (Phi) is 9.55. The normalized spacial score (nSPS) is 14.4. The van der Waals surface area contributed by atoms with Crippen LogP contribution in [0.3, 0.4) is 0 Å². The van der Waals surface area contributed by atoms with Gasteiger partial charge in [-0.2, -0.15) is 0 Å². The summed E-state index contributed by atoms with van der Waals surface area (Å²) in [5.74, 6) is 1.60. The monoisotopic (exact) mass is 693 g/mol. The van der Waals surface area contributed by atoms with Gasteiger partial charge in [-0.25, -0.2) is 0 Å². The Morgan fingerprint density at radius 1 is 1.00 bits per heavy atom. The van der Waals surface area contributed by atoms with Crippen molar-refractivity contribution in [2.24, 2.45) is 0 Å². The molecule has 9 heteroatoms. The van der Waals surface area contributed by atoms with E-state index in [0.717, 1.165) is 36.5 Å². The van der Waals surface area contributed by atoms with E-state index in [4.69, 9.17) is 14.2 Å². The number of hydrogen-bond donors (Lipinski definition) is 0. The van der Waals surface area contributed by atoms with E-state index in [1.807, 2.05) is 74.5 Å². The van der Waals surface area contributed by atoms with Crippen molar-refractivity contribution < 1.29 is 23.8 Å². The smallest absolute Gasteiger partial charge is 0.293 e. The van der Waals surface area contributed by atoms with Crippen LogP contribution in [0.4, 0.5) is 4.79 Å². The second-order valence-electron chi connectivity index (χ2n) is 8.17. The predicted octanol–water partition coefficient (Wildman–Crippen LogP) is 7.46. The number of benzene rings is 3. The maximum absolute atomic E-state index is 13.0. The molecule has 0 aromatic heterocycles. The largest absolute Gasteiger partial charge is 0.492 e. The van der Waals surface area contributed by atoms with Gasteiger partial charge in [-0.3, -0.25) is 14.5 Å². The number of aryl methyl sites for hydroxylation is 1. The molecule has 0 bridgehead atoms. The zero-order valence-electron chi connectivity index (χ0n) is 20.3. The third kappa shape index (κ3) is 7.30. The van der Waals surface area contributed by atoms with Gasteiger partial charge < -0.3 is 14.2 Å². The minimum absolute atomic E-state index is 0.181. The summed E-state index contributed by atoms with van der Waals surface area (Å²) >= 11 is 6.57. The van der Waals surface area contributed by atoms with E-state index in [1.54, 1.807) is 6.08 Å². The Morgan fingerprint density at radius 2 is 1.73 bits per heavy atom. The number of ether oxygens (including phenoxy) is 3. The third-order valence-electron chi connectivity index (χ3n) is 5.40. The second-order valence-corrected chi connectivity index (χ2v) is 11.2. The molecule has 3 aromatic carbocycles. The van der Waals surface area contributed by atoms with Crippen LogP contribution in [0.25, 0.3) is 6.08 Å². The quantitative estimate of drug-likeness (QED) is 0.162. The van der Waals surface area contributed by atoms with E-state index >= 15 is 0 Å². The topological polar surface area (TPSA) is 65.1 Å². The number of thioether (sulfide) groups is 1. The van der Waals surface area contributed by atoms with E-state index in [0.29, 0.717) is 35.4 Å². The first kappa shape index (κ1) is 27.5. The van der Waals surface area contributed by atoms with Crippen molar-refractivity contribution >= 4 is 67.5 Å². The summed E-state index contributed by atoms with van der Waals surface area (Å²) in [6.45, 7) is 5.17. The van der Waals surface area contributed by atoms with Crippen LogP contribution in [0.2, 0.25) is 0 Å². The molecule has 2 amide bonds. The summed E-state index contributed by atoms with van der Waals surface area (Å²) < 4.78 is 19.5. The van der Waals surface area contributed by atoms with E-state index in [9.17, 15) is 9.59 Å². The van der Waals surface area contributed by atoms with Crippen molar-refractivity contribution in [1.29, 1.82) is 0 Å². The third-order valence-corrected chi connectivity index (χ3v) is 7.64. The van der Waals surface area contributed by atoms with Crippen molar-refractivity contribution in [1.82, 2.24) is 4.90 Å². The van der Waals surface area contributed by atoms with E-state index in [2.05, 4.69) is 38.5 Å². The summed E-state index contributed by atoms with van der Waals surface area (Å²) in [7, 11) is 0. The first-order chi connectivity index (χ1) is 17.8. The number of carbonyl (C=O) groups is 2. The maximum Gasteiger partial charge on any atom is 0.293 e. The minimum atomic E-state index is -0.328. The molecule has 3 aromatic rings. The number of nitrogens with zero attached hydrogens (tertiary/aromatic N) is 1. The average Bonchev–Trinajstić information content (AvgIpc) is 3.13. The van der Waals surface area contributed by atoms with Crippen molar-refractivity contribution in [2.45, 2.75) is 20.5 Å². The van der Waals surface area contributed by atoms with Gasteiger partial charge in [0.1, 0.15) is 19.0 Å². The summed E-state index contributed by atoms with van der Waals surface area (Å²) in [6.07, 6.45) is 1.72. The summed E-state index contributed by atoms with van der Waals surface area (Å²) in [5.41, 5.74) is 2.92. The Hall–Kier alpha value is -2.50. The molecule has 0 saturated carbocycles. The molecule has 0 aliphatic carbocycles. The van der Waals surface area contributed by atoms with Gasteiger partial charge in [0.05, 0.1) is 21.6 Å². The molecule has 0 atom stereocenters. The molecule has 4 rings (SSSR count). The van der Waals surface area contributed by atoms with Crippen molar-refractivity contribution in [3.8, 4) is 17.2 Å². The Bertz CT molecular complexity index is 1310. The van der Waals surface area contributed by atoms with Crippen LogP contribution < -0.4 is 14.2 Å². The highest BCUT2D eigenvalue weighted by atomic mass is 127. The van der Waals surface area contributed by atoms with Crippen molar-refractivity contribution in [3.63, 3.8) is 0 Å². The minimum Gasteiger partial charge on any atom is -0.492 e. The molecule has 6 nitrogen and oxygen atoms in total. The second kappa shape index (κ2) is 12.8. The van der Waals surface area contributed by atoms with Crippen LogP contribution >= 0.6 is 50.3 Å². The number of amides is 2. The SMILES string of the molecule is CCOc1cc(/C=C2\SC(=O)N(CCOc3ccc(C)cc3)C2=O)cc(I)c1OCc1ccc(Br)cc1. The number of rotatable bonds is 10. The van der Waals surface area contributed by atoms with Gasteiger partial charge in [0.25, 0.3) is 11.1 Å². The summed E-state index contributed by atoms with van der Waals surface area (Å²) in [5, 5.41) is -0.307. The zero-order chi connectivity index (χ0) is 26.4. The molecule has 0 radical (unpaired) electrons. The van der Waals surface area contributed by atoms with Crippen LogP contribution in [-0.4, -0.2) is 35.8 Å². The van der Waals surface area contributed by atoms with Crippen molar-refractivity contribution in [3.05, 3.63) is 90.3 Å². The molecule has 192 valence electrons. The predicted molar refractivity (Wildman–Crippen MR) is 158 cm³/mol. The van der Waals surface area contributed by atoms with Gasteiger partial charge in [-0.1, -0.05) is 45.8 Å². The Labute approximate surface area is 242 Å². The van der Waals surface area contributed by atoms with E-state index < -0.39 is 0 Å².